The van der Waals surface area contributed by atoms with Gasteiger partial charge in [-0.1, -0.05) is 0 Å². The minimum Gasteiger partial charge on any atom is -0.381 e. The molecule has 1 unspecified atom stereocenters. The molecule has 0 aliphatic carbocycles. The number of H-pyrrole nitrogens is 1. The van der Waals surface area contributed by atoms with Gasteiger partial charge in [-0.25, -0.2) is 4.39 Å². The molecule has 0 bridgehead atoms. The fourth-order valence-electron chi connectivity index (χ4n) is 3.25. The van der Waals surface area contributed by atoms with Gasteiger partial charge in [-0.3, -0.25) is 4.99 Å². The number of aromatic nitrogens is 1. The van der Waals surface area contributed by atoms with E-state index in [0.29, 0.717) is 5.92 Å². The van der Waals surface area contributed by atoms with Crippen molar-refractivity contribution in [2.45, 2.75) is 19.3 Å². The number of aromatic amines is 1. The molecular weight excluding hydrogens is 347 g/mol. The first kappa shape index (κ1) is 19.6. The van der Waals surface area contributed by atoms with Gasteiger partial charge < -0.3 is 25.1 Å². The van der Waals surface area contributed by atoms with Gasteiger partial charge in [-0.05, 0) is 43.0 Å². The Bertz CT molecular complexity index is 741. The first-order valence-electron chi connectivity index (χ1n) is 9.62. The van der Waals surface area contributed by atoms with Gasteiger partial charge in [0.2, 0.25) is 0 Å². The van der Waals surface area contributed by atoms with Crippen LogP contribution in [0.1, 0.15) is 18.4 Å². The Morgan fingerprint density at radius 2 is 2.26 bits per heavy atom. The normalized spacial score (nSPS) is 17.6. The Labute approximate surface area is 159 Å². The molecule has 148 valence electrons. The summed E-state index contributed by atoms with van der Waals surface area (Å²) >= 11 is 0. The molecule has 2 heterocycles. The largest absolute Gasteiger partial charge is 0.381 e. The van der Waals surface area contributed by atoms with Crippen molar-refractivity contribution < 1.29 is 13.9 Å². The zero-order chi connectivity index (χ0) is 18.9. The van der Waals surface area contributed by atoms with E-state index in [1.54, 1.807) is 7.05 Å². The molecule has 1 fully saturated rings. The lowest BCUT2D eigenvalue weighted by molar-refractivity contribution is 0.0888. The van der Waals surface area contributed by atoms with Crippen LogP contribution in [0.15, 0.2) is 29.4 Å². The summed E-state index contributed by atoms with van der Waals surface area (Å²) in [6.45, 7) is 4.80. The molecule has 0 amide bonds. The van der Waals surface area contributed by atoms with Gasteiger partial charge in [0, 0.05) is 56.4 Å². The second-order valence-electron chi connectivity index (χ2n) is 6.84. The molecule has 27 heavy (non-hydrogen) atoms. The molecule has 0 spiro atoms. The van der Waals surface area contributed by atoms with Gasteiger partial charge in [0.1, 0.15) is 5.82 Å². The molecule has 3 N–H and O–H groups in total. The van der Waals surface area contributed by atoms with Gasteiger partial charge in [-0.2, -0.15) is 0 Å². The van der Waals surface area contributed by atoms with Gasteiger partial charge in [0.15, 0.2) is 5.96 Å². The van der Waals surface area contributed by atoms with Crippen LogP contribution in [-0.2, 0) is 15.9 Å². The first-order chi connectivity index (χ1) is 13.3. The van der Waals surface area contributed by atoms with Gasteiger partial charge in [0.05, 0.1) is 13.2 Å². The fraction of sp³-hybridized carbons (Fsp3) is 0.550. The quantitative estimate of drug-likeness (QED) is 0.357. The van der Waals surface area contributed by atoms with Crippen LogP contribution in [0.2, 0.25) is 0 Å². The highest BCUT2D eigenvalue weighted by molar-refractivity contribution is 5.83. The second-order valence-corrected chi connectivity index (χ2v) is 6.84. The number of halogens is 1. The molecule has 0 saturated carbocycles. The highest BCUT2D eigenvalue weighted by Gasteiger charge is 2.15. The predicted octanol–water partition coefficient (Wildman–Crippen LogP) is 2.46. The number of fused-ring (bicyclic) bond motifs is 1. The molecule has 1 aromatic heterocycles. The number of benzene rings is 1. The Balaban J connectivity index is 1.30. The highest BCUT2D eigenvalue weighted by atomic mass is 19.1. The molecule has 1 aliphatic rings. The van der Waals surface area contributed by atoms with Gasteiger partial charge >= 0.3 is 0 Å². The van der Waals surface area contributed by atoms with Crippen molar-refractivity contribution in [1.82, 2.24) is 15.6 Å². The number of nitrogens with one attached hydrogen (secondary N) is 3. The first-order valence-corrected chi connectivity index (χ1v) is 9.62. The summed E-state index contributed by atoms with van der Waals surface area (Å²) in [6.07, 6.45) is 4.82. The summed E-state index contributed by atoms with van der Waals surface area (Å²) < 4.78 is 24.3. The van der Waals surface area contributed by atoms with Crippen LogP contribution in [0, 0.1) is 11.7 Å². The minimum atomic E-state index is -0.223. The predicted molar refractivity (Wildman–Crippen MR) is 106 cm³/mol. The average Bonchev–Trinajstić information content (AvgIpc) is 3.32. The smallest absolute Gasteiger partial charge is 0.190 e. The Morgan fingerprint density at radius 1 is 1.37 bits per heavy atom. The van der Waals surface area contributed by atoms with E-state index in [9.17, 15) is 4.39 Å². The fourth-order valence-corrected chi connectivity index (χ4v) is 3.25. The summed E-state index contributed by atoms with van der Waals surface area (Å²) in [5, 5.41) is 7.67. The summed E-state index contributed by atoms with van der Waals surface area (Å²) in [6, 6.07) is 4.84. The molecule has 1 saturated heterocycles. The summed E-state index contributed by atoms with van der Waals surface area (Å²) in [5.41, 5.74) is 1.99. The summed E-state index contributed by atoms with van der Waals surface area (Å²) in [4.78, 5) is 7.36. The topological polar surface area (TPSA) is 70.7 Å². The molecule has 6 nitrogen and oxygen atoms in total. The molecular formula is C20H29FN4O2. The second kappa shape index (κ2) is 10.3. The minimum absolute atomic E-state index is 0.223. The van der Waals surface area contributed by atoms with Crippen molar-refractivity contribution in [3.05, 3.63) is 35.8 Å². The third kappa shape index (κ3) is 5.94. The van der Waals surface area contributed by atoms with Crippen molar-refractivity contribution in [1.29, 1.82) is 0 Å². The van der Waals surface area contributed by atoms with E-state index in [0.717, 1.165) is 81.2 Å². The van der Waals surface area contributed by atoms with Crippen LogP contribution >= 0.6 is 0 Å². The van der Waals surface area contributed by atoms with E-state index in [-0.39, 0.29) is 5.82 Å². The highest BCUT2D eigenvalue weighted by Crippen LogP contribution is 2.19. The van der Waals surface area contributed by atoms with Crippen LogP contribution in [-0.4, -0.2) is 57.5 Å². The van der Waals surface area contributed by atoms with Gasteiger partial charge in [-0.15, -0.1) is 0 Å². The zero-order valence-corrected chi connectivity index (χ0v) is 15.9. The number of hydrogen-bond donors (Lipinski definition) is 3. The van der Waals surface area contributed by atoms with E-state index in [1.807, 2.05) is 12.3 Å². The number of aliphatic imine (C=N–C) groups is 1. The molecule has 0 radical (unpaired) electrons. The standard InChI is InChI=1S/C20H29FN4O2/c1-22-20(23-7-2-9-26-13-15-6-10-27-14-15)24-8-5-16-12-25-19-11-17(21)3-4-18(16)19/h3-4,11-12,15,25H,2,5-10,13-14H2,1H3,(H2,22,23,24). The summed E-state index contributed by atoms with van der Waals surface area (Å²) in [5.74, 6) is 1.12. The number of ether oxygens (including phenoxy) is 2. The van der Waals surface area contributed by atoms with Crippen molar-refractivity contribution in [2.75, 3.05) is 46.6 Å². The Morgan fingerprint density at radius 3 is 3.07 bits per heavy atom. The molecule has 3 rings (SSSR count). The molecule has 1 aromatic carbocycles. The van der Waals surface area contributed by atoms with Crippen molar-refractivity contribution >= 4 is 16.9 Å². The molecule has 1 aliphatic heterocycles. The van der Waals surface area contributed by atoms with E-state index in [4.69, 9.17) is 9.47 Å². The summed E-state index contributed by atoms with van der Waals surface area (Å²) in [7, 11) is 1.76. The van der Waals surface area contributed by atoms with E-state index >= 15 is 0 Å². The Hall–Kier alpha value is -2.12. The van der Waals surface area contributed by atoms with Crippen LogP contribution in [0.5, 0.6) is 0 Å². The third-order valence-electron chi connectivity index (χ3n) is 4.78. The number of guanidine groups is 1. The van der Waals surface area contributed by atoms with Crippen LogP contribution in [0.3, 0.4) is 0 Å². The zero-order valence-electron chi connectivity index (χ0n) is 15.9. The Kier molecular flexibility index (Phi) is 7.47. The number of nitrogens with zero attached hydrogens (tertiary/aromatic N) is 1. The van der Waals surface area contributed by atoms with E-state index in [2.05, 4.69) is 20.6 Å². The van der Waals surface area contributed by atoms with Crippen LogP contribution in [0.4, 0.5) is 4.39 Å². The monoisotopic (exact) mass is 376 g/mol. The maximum Gasteiger partial charge on any atom is 0.190 e. The van der Waals surface area contributed by atoms with Crippen molar-refractivity contribution in [3.8, 4) is 0 Å². The lowest BCUT2D eigenvalue weighted by atomic mass is 10.1. The van der Waals surface area contributed by atoms with E-state index in [1.165, 1.54) is 12.1 Å². The number of hydrogen-bond acceptors (Lipinski definition) is 3. The molecule has 7 heteroatoms. The van der Waals surface area contributed by atoms with E-state index < -0.39 is 0 Å². The molecule has 2 aromatic rings. The van der Waals surface area contributed by atoms with Gasteiger partial charge in [0.25, 0.3) is 0 Å². The van der Waals surface area contributed by atoms with Crippen LogP contribution < -0.4 is 10.6 Å². The number of rotatable bonds is 9. The maximum atomic E-state index is 13.3. The van der Waals surface area contributed by atoms with Crippen molar-refractivity contribution in [2.24, 2.45) is 10.9 Å². The van der Waals surface area contributed by atoms with Crippen molar-refractivity contribution in [3.63, 3.8) is 0 Å². The maximum absolute atomic E-state index is 13.3. The van der Waals surface area contributed by atoms with Crippen LogP contribution in [0.25, 0.3) is 10.9 Å². The third-order valence-corrected chi connectivity index (χ3v) is 4.78. The lowest BCUT2D eigenvalue weighted by Gasteiger charge is -2.12. The lowest BCUT2D eigenvalue weighted by Crippen LogP contribution is -2.39. The average molecular weight is 376 g/mol. The SMILES string of the molecule is CN=C(NCCCOCC1CCOC1)NCCc1c[nH]c2cc(F)ccc12. The molecule has 1 atom stereocenters.